The SMILES string of the molecule is NC1(C2(O)CCC(F)(F)CC2)CCOCC1. The van der Waals surface area contributed by atoms with E-state index in [1.807, 2.05) is 0 Å². The van der Waals surface area contributed by atoms with Crippen molar-refractivity contribution in [2.24, 2.45) is 5.73 Å². The first-order chi connectivity index (χ1) is 7.37. The molecule has 3 nitrogen and oxygen atoms in total. The van der Waals surface area contributed by atoms with E-state index in [1.165, 1.54) is 0 Å². The molecule has 0 atom stereocenters. The second-order valence-electron chi connectivity index (χ2n) is 5.16. The maximum absolute atomic E-state index is 13.1. The van der Waals surface area contributed by atoms with E-state index in [1.54, 1.807) is 0 Å². The van der Waals surface area contributed by atoms with Crippen molar-refractivity contribution in [3.05, 3.63) is 0 Å². The molecule has 1 aliphatic heterocycles. The predicted octanol–water partition coefficient (Wildman–Crippen LogP) is 1.43. The van der Waals surface area contributed by atoms with Crippen LogP contribution < -0.4 is 5.73 Å². The van der Waals surface area contributed by atoms with Crippen LogP contribution in [0, 0.1) is 0 Å². The van der Waals surface area contributed by atoms with Crippen molar-refractivity contribution in [2.75, 3.05) is 13.2 Å². The highest BCUT2D eigenvalue weighted by Crippen LogP contribution is 2.45. The summed E-state index contributed by atoms with van der Waals surface area (Å²) in [7, 11) is 0. The van der Waals surface area contributed by atoms with Gasteiger partial charge in [0.25, 0.3) is 0 Å². The lowest BCUT2D eigenvalue weighted by molar-refractivity contribution is -0.150. The van der Waals surface area contributed by atoms with Crippen LogP contribution in [0.3, 0.4) is 0 Å². The molecule has 0 radical (unpaired) electrons. The Morgan fingerprint density at radius 2 is 1.44 bits per heavy atom. The van der Waals surface area contributed by atoms with Crippen molar-refractivity contribution in [2.45, 2.75) is 55.6 Å². The third-order valence-corrected chi connectivity index (χ3v) is 4.12. The van der Waals surface area contributed by atoms with Crippen molar-refractivity contribution < 1.29 is 18.6 Å². The zero-order valence-electron chi connectivity index (χ0n) is 9.35. The minimum absolute atomic E-state index is 0.0938. The largest absolute Gasteiger partial charge is 0.388 e. The molecule has 1 aliphatic carbocycles. The molecule has 0 amide bonds. The number of ether oxygens (including phenoxy) is 1. The first kappa shape index (κ1) is 12.2. The topological polar surface area (TPSA) is 55.5 Å². The van der Waals surface area contributed by atoms with E-state index in [-0.39, 0.29) is 25.7 Å². The summed E-state index contributed by atoms with van der Waals surface area (Å²) >= 11 is 0. The molecule has 0 spiro atoms. The fourth-order valence-electron chi connectivity index (χ4n) is 2.73. The Kier molecular flexibility index (Phi) is 2.97. The third-order valence-electron chi connectivity index (χ3n) is 4.12. The fourth-order valence-corrected chi connectivity index (χ4v) is 2.73. The highest BCUT2D eigenvalue weighted by Gasteiger charge is 2.53. The molecule has 2 fully saturated rings. The van der Waals surface area contributed by atoms with E-state index in [9.17, 15) is 13.9 Å². The lowest BCUT2D eigenvalue weighted by Gasteiger charge is -2.50. The van der Waals surface area contributed by atoms with E-state index in [0.717, 1.165) is 0 Å². The van der Waals surface area contributed by atoms with E-state index in [2.05, 4.69) is 0 Å². The summed E-state index contributed by atoms with van der Waals surface area (Å²) in [6.07, 6.45) is 0.768. The van der Waals surface area contributed by atoms with Crippen LogP contribution in [0.4, 0.5) is 8.78 Å². The normalized spacial score (nSPS) is 32.2. The Labute approximate surface area is 94.0 Å². The molecule has 0 aromatic heterocycles. The monoisotopic (exact) mass is 235 g/mol. The summed E-state index contributed by atoms with van der Waals surface area (Å²) in [4.78, 5) is 0. The van der Waals surface area contributed by atoms with Gasteiger partial charge >= 0.3 is 0 Å². The average Bonchev–Trinajstić information content (AvgIpc) is 2.24. The van der Waals surface area contributed by atoms with Crippen LogP contribution in [0.2, 0.25) is 0 Å². The summed E-state index contributed by atoms with van der Waals surface area (Å²) in [5.41, 5.74) is 4.29. The lowest BCUT2D eigenvalue weighted by atomic mass is 9.67. The molecule has 1 saturated heterocycles. The van der Waals surface area contributed by atoms with Gasteiger partial charge in [-0.3, -0.25) is 0 Å². The van der Waals surface area contributed by atoms with Gasteiger partial charge in [-0.2, -0.15) is 0 Å². The molecule has 0 bridgehead atoms. The molecular formula is C11H19F2NO2. The molecular weight excluding hydrogens is 216 g/mol. The number of alkyl halides is 2. The first-order valence-corrected chi connectivity index (χ1v) is 5.84. The van der Waals surface area contributed by atoms with Crippen molar-refractivity contribution in [1.82, 2.24) is 0 Å². The van der Waals surface area contributed by atoms with E-state index < -0.39 is 17.1 Å². The number of aliphatic hydroxyl groups is 1. The number of hydrogen-bond donors (Lipinski definition) is 2. The molecule has 1 heterocycles. The number of hydrogen-bond acceptors (Lipinski definition) is 3. The van der Waals surface area contributed by atoms with Gasteiger partial charge in [-0.1, -0.05) is 0 Å². The molecule has 2 aliphatic rings. The summed E-state index contributed by atoms with van der Waals surface area (Å²) in [5, 5.41) is 10.5. The molecule has 1 saturated carbocycles. The van der Waals surface area contributed by atoms with E-state index >= 15 is 0 Å². The quantitative estimate of drug-likeness (QED) is 0.723. The standard InChI is InChI=1S/C11H19F2NO2/c12-11(13)3-1-10(15,2-4-11)9(14)5-7-16-8-6-9/h15H,1-8,14H2. The van der Waals surface area contributed by atoms with Gasteiger partial charge in [0.2, 0.25) is 5.92 Å². The van der Waals surface area contributed by atoms with Crippen LogP contribution in [0.5, 0.6) is 0 Å². The van der Waals surface area contributed by atoms with Gasteiger partial charge in [-0.05, 0) is 25.7 Å². The Morgan fingerprint density at radius 3 is 1.94 bits per heavy atom. The van der Waals surface area contributed by atoms with Crippen LogP contribution in [-0.2, 0) is 4.74 Å². The molecule has 3 N–H and O–H groups in total. The summed E-state index contributed by atoms with van der Waals surface area (Å²) < 4.78 is 31.3. The Hall–Kier alpha value is -0.260. The average molecular weight is 235 g/mol. The van der Waals surface area contributed by atoms with Crippen molar-refractivity contribution in [3.8, 4) is 0 Å². The molecule has 94 valence electrons. The minimum Gasteiger partial charge on any atom is -0.388 e. The maximum Gasteiger partial charge on any atom is 0.248 e. The zero-order chi connectivity index (χ0) is 11.9. The minimum atomic E-state index is -2.63. The van der Waals surface area contributed by atoms with Gasteiger partial charge in [0.05, 0.1) is 5.60 Å². The molecule has 0 aromatic rings. The molecule has 0 unspecified atom stereocenters. The van der Waals surface area contributed by atoms with Crippen LogP contribution in [0.1, 0.15) is 38.5 Å². The highest BCUT2D eigenvalue weighted by molar-refractivity contribution is 5.07. The van der Waals surface area contributed by atoms with Crippen molar-refractivity contribution in [3.63, 3.8) is 0 Å². The van der Waals surface area contributed by atoms with Crippen LogP contribution in [0.15, 0.2) is 0 Å². The van der Waals surface area contributed by atoms with Crippen molar-refractivity contribution >= 4 is 0 Å². The Balaban J connectivity index is 2.07. The first-order valence-electron chi connectivity index (χ1n) is 5.84. The van der Waals surface area contributed by atoms with Crippen LogP contribution in [0.25, 0.3) is 0 Å². The predicted molar refractivity (Wildman–Crippen MR) is 55.3 cm³/mol. The van der Waals surface area contributed by atoms with Gasteiger partial charge in [-0.25, -0.2) is 8.78 Å². The summed E-state index contributed by atoms with van der Waals surface area (Å²) in [5.74, 6) is -2.63. The van der Waals surface area contributed by atoms with Gasteiger partial charge in [0, 0.05) is 31.6 Å². The van der Waals surface area contributed by atoms with E-state index in [0.29, 0.717) is 26.1 Å². The highest BCUT2D eigenvalue weighted by atomic mass is 19.3. The molecule has 2 rings (SSSR count). The number of rotatable bonds is 1. The fraction of sp³-hybridized carbons (Fsp3) is 1.00. The second kappa shape index (κ2) is 3.89. The number of nitrogens with two attached hydrogens (primary N) is 1. The van der Waals surface area contributed by atoms with Crippen LogP contribution >= 0.6 is 0 Å². The number of halogens is 2. The third kappa shape index (κ3) is 2.08. The summed E-state index contributed by atoms with van der Waals surface area (Å²) in [6.45, 7) is 1.02. The second-order valence-corrected chi connectivity index (χ2v) is 5.16. The van der Waals surface area contributed by atoms with Gasteiger partial charge < -0.3 is 15.6 Å². The Morgan fingerprint density at radius 1 is 0.938 bits per heavy atom. The Bertz CT molecular complexity index is 255. The smallest absolute Gasteiger partial charge is 0.248 e. The van der Waals surface area contributed by atoms with Gasteiger partial charge in [0.1, 0.15) is 0 Å². The van der Waals surface area contributed by atoms with Crippen LogP contribution in [-0.4, -0.2) is 35.4 Å². The maximum atomic E-state index is 13.1. The lowest BCUT2D eigenvalue weighted by Crippen LogP contribution is -2.64. The zero-order valence-corrected chi connectivity index (χ0v) is 9.35. The molecule has 5 heteroatoms. The molecule has 16 heavy (non-hydrogen) atoms. The van der Waals surface area contributed by atoms with E-state index in [4.69, 9.17) is 10.5 Å². The molecule has 0 aromatic carbocycles. The van der Waals surface area contributed by atoms with Gasteiger partial charge in [0.15, 0.2) is 0 Å². The van der Waals surface area contributed by atoms with Gasteiger partial charge in [-0.15, -0.1) is 0 Å². The van der Waals surface area contributed by atoms with Crippen molar-refractivity contribution in [1.29, 1.82) is 0 Å². The summed E-state index contributed by atoms with van der Waals surface area (Å²) in [6, 6.07) is 0.